The third-order valence-corrected chi connectivity index (χ3v) is 3.40. The van der Waals surface area contributed by atoms with Crippen LogP contribution in [0.1, 0.15) is 55.5 Å². The van der Waals surface area contributed by atoms with Gasteiger partial charge in [0.2, 0.25) is 0 Å². The summed E-state index contributed by atoms with van der Waals surface area (Å²) in [5.74, 6) is -0.728. The van der Waals surface area contributed by atoms with Crippen molar-refractivity contribution < 1.29 is 29.0 Å². The topological polar surface area (TPSA) is 89.9 Å². The molecule has 1 rings (SSSR count). The maximum atomic E-state index is 12.2. The Kier molecular flexibility index (Phi) is 8.54. The number of carbonyl (C=O) groups excluding carboxylic acids is 3. The molecule has 6 nitrogen and oxygen atoms in total. The quantitative estimate of drug-likeness (QED) is 0.522. The zero-order valence-corrected chi connectivity index (χ0v) is 14.2. The number of hydrogen-bond donors (Lipinski definition) is 1. The molecule has 6 heteroatoms. The van der Waals surface area contributed by atoms with E-state index in [0.717, 1.165) is 0 Å². The summed E-state index contributed by atoms with van der Waals surface area (Å²) < 4.78 is 9.66. The first kappa shape index (κ1) is 19.7. The molecule has 0 atom stereocenters. The van der Waals surface area contributed by atoms with Crippen LogP contribution in [0, 0.1) is 0 Å². The van der Waals surface area contributed by atoms with Gasteiger partial charge < -0.3 is 14.6 Å². The fraction of sp³-hybridized carbons (Fsp3) is 0.500. The van der Waals surface area contributed by atoms with Gasteiger partial charge in [0.1, 0.15) is 5.75 Å². The Morgan fingerprint density at radius 3 is 2.21 bits per heavy atom. The highest BCUT2D eigenvalue weighted by molar-refractivity contribution is 5.96. The molecular formula is C18H24O6. The summed E-state index contributed by atoms with van der Waals surface area (Å²) in [6, 6.07) is 4.57. The number of ketones is 1. The minimum absolute atomic E-state index is 0.0439. The predicted octanol–water partition coefficient (Wildman–Crippen LogP) is 2.80. The van der Waals surface area contributed by atoms with Crippen molar-refractivity contribution in [1.82, 2.24) is 0 Å². The Morgan fingerprint density at radius 2 is 1.58 bits per heavy atom. The predicted molar refractivity (Wildman–Crippen MR) is 87.9 cm³/mol. The number of carbonyl (C=O) groups is 3. The Bertz CT molecular complexity index is 579. The van der Waals surface area contributed by atoms with E-state index in [1.165, 1.54) is 12.1 Å². The van der Waals surface area contributed by atoms with Crippen LogP contribution in [-0.2, 0) is 25.5 Å². The Hall–Kier alpha value is -2.37. The molecule has 0 aromatic heterocycles. The third-order valence-electron chi connectivity index (χ3n) is 3.40. The second-order valence-corrected chi connectivity index (χ2v) is 5.23. The molecule has 132 valence electrons. The van der Waals surface area contributed by atoms with Gasteiger partial charge in [-0.05, 0) is 50.5 Å². The van der Waals surface area contributed by atoms with Crippen LogP contribution in [-0.4, -0.2) is 36.0 Å². The van der Waals surface area contributed by atoms with Gasteiger partial charge in [-0.3, -0.25) is 14.4 Å². The minimum atomic E-state index is -0.344. The molecule has 1 aromatic carbocycles. The van der Waals surface area contributed by atoms with Crippen LogP contribution in [0.4, 0.5) is 0 Å². The van der Waals surface area contributed by atoms with E-state index in [1.54, 1.807) is 19.9 Å². The van der Waals surface area contributed by atoms with Crippen molar-refractivity contribution in [2.45, 2.75) is 46.0 Å². The summed E-state index contributed by atoms with van der Waals surface area (Å²) in [6.45, 7) is 4.10. The summed E-state index contributed by atoms with van der Waals surface area (Å²) in [5, 5.41) is 9.84. The number of aromatic hydroxyl groups is 1. The molecule has 24 heavy (non-hydrogen) atoms. The first-order valence-electron chi connectivity index (χ1n) is 8.14. The van der Waals surface area contributed by atoms with Crippen LogP contribution in [0.15, 0.2) is 18.2 Å². The van der Waals surface area contributed by atoms with Gasteiger partial charge in [-0.25, -0.2) is 0 Å². The van der Waals surface area contributed by atoms with Crippen molar-refractivity contribution in [1.29, 1.82) is 0 Å². The Balaban J connectivity index is 2.58. The number of aryl methyl sites for hydroxylation is 1. The van der Waals surface area contributed by atoms with E-state index in [1.807, 2.05) is 0 Å². The SMILES string of the molecule is CCOC(=O)CCCC(=O)c1ccc(O)c(CCC(=O)OCC)c1. The van der Waals surface area contributed by atoms with Gasteiger partial charge >= 0.3 is 11.9 Å². The standard InChI is InChI=1S/C18H24O6/c1-3-23-17(21)7-5-6-15(19)13-8-10-16(20)14(12-13)9-11-18(22)24-4-2/h8,10,12,20H,3-7,9,11H2,1-2H3. The number of rotatable bonds is 10. The molecule has 0 aliphatic rings. The van der Waals surface area contributed by atoms with Crippen molar-refractivity contribution >= 4 is 17.7 Å². The number of ether oxygens (including phenoxy) is 2. The largest absolute Gasteiger partial charge is 0.508 e. The number of benzene rings is 1. The highest BCUT2D eigenvalue weighted by Crippen LogP contribution is 2.21. The zero-order valence-electron chi connectivity index (χ0n) is 14.2. The molecule has 0 heterocycles. The number of esters is 2. The van der Waals surface area contributed by atoms with Crippen molar-refractivity contribution in [3.8, 4) is 5.75 Å². The van der Waals surface area contributed by atoms with Gasteiger partial charge in [-0.15, -0.1) is 0 Å². The van der Waals surface area contributed by atoms with Crippen LogP contribution in [0.5, 0.6) is 5.75 Å². The molecule has 0 spiro atoms. The normalized spacial score (nSPS) is 10.2. The van der Waals surface area contributed by atoms with Crippen LogP contribution in [0.3, 0.4) is 0 Å². The van der Waals surface area contributed by atoms with E-state index in [9.17, 15) is 19.5 Å². The Morgan fingerprint density at radius 1 is 0.958 bits per heavy atom. The summed E-state index contributed by atoms with van der Waals surface area (Å²) in [4.78, 5) is 34.8. The molecule has 0 saturated heterocycles. The average Bonchev–Trinajstić information content (AvgIpc) is 2.54. The first-order chi connectivity index (χ1) is 11.5. The van der Waals surface area contributed by atoms with Gasteiger partial charge in [-0.1, -0.05) is 0 Å². The third kappa shape index (κ3) is 6.81. The van der Waals surface area contributed by atoms with E-state index in [0.29, 0.717) is 37.2 Å². The van der Waals surface area contributed by atoms with E-state index in [-0.39, 0.29) is 42.7 Å². The van der Waals surface area contributed by atoms with Crippen LogP contribution in [0.25, 0.3) is 0 Å². The Labute approximate surface area is 141 Å². The van der Waals surface area contributed by atoms with Crippen molar-refractivity contribution in [2.75, 3.05) is 13.2 Å². The molecule has 0 amide bonds. The van der Waals surface area contributed by atoms with E-state index in [4.69, 9.17) is 9.47 Å². The number of phenols is 1. The molecular weight excluding hydrogens is 312 g/mol. The zero-order chi connectivity index (χ0) is 17.9. The number of hydrogen-bond acceptors (Lipinski definition) is 6. The fourth-order valence-electron chi connectivity index (χ4n) is 2.20. The van der Waals surface area contributed by atoms with Crippen LogP contribution >= 0.6 is 0 Å². The molecule has 1 aromatic rings. The van der Waals surface area contributed by atoms with E-state index >= 15 is 0 Å². The fourth-order valence-corrected chi connectivity index (χ4v) is 2.20. The van der Waals surface area contributed by atoms with Crippen molar-refractivity contribution in [3.63, 3.8) is 0 Å². The first-order valence-corrected chi connectivity index (χ1v) is 8.14. The molecule has 0 aliphatic heterocycles. The lowest BCUT2D eigenvalue weighted by molar-refractivity contribution is -0.144. The second-order valence-electron chi connectivity index (χ2n) is 5.23. The van der Waals surface area contributed by atoms with Gasteiger partial charge in [-0.2, -0.15) is 0 Å². The van der Waals surface area contributed by atoms with E-state index in [2.05, 4.69) is 0 Å². The lowest BCUT2D eigenvalue weighted by atomic mass is 10.00. The average molecular weight is 336 g/mol. The second kappa shape index (κ2) is 10.4. The lowest BCUT2D eigenvalue weighted by Gasteiger charge is -2.08. The molecule has 0 bridgehead atoms. The van der Waals surface area contributed by atoms with Crippen LogP contribution < -0.4 is 0 Å². The maximum absolute atomic E-state index is 12.2. The minimum Gasteiger partial charge on any atom is -0.508 e. The smallest absolute Gasteiger partial charge is 0.306 e. The van der Waals surface area contributed by atoms with Gasteiger partial charge in [0.05, 0.1) is 13.2 Å². The molecule has 0 unspecified atom stereocenters. The van der Waals surface area contributed by atoms with Gasteiger partial charge in [0, 0.05) is 24.8 Å². The highest BCUT2D eigenvalue weighted by Gasteiger charge is 2.12. The summed E-state index contributed by atoms with van der Waals surface area (Å²) in [7, 11) is 0. The lowest BCUT2D eigenvalue weighted by Crippen LogP contribution is -2.07. The van der Waals surface area contributed by atoms with Crippen molar-refractivity contribution in [2.24, 2.45) is 0 Å². The molecule has 0 aliphatic carbocycles. The molecule has 0 fully saturated rings. The monoisotopic (exact) mass is 336 g/mol. The maximum Gasteiger partial charge on any atom is 0.306 e. The number of phenolic OH excluding ortho intramolecular Hbond substituents is 1. The summed E-state index contributed by atoms with van der Waals surface area (Å²) in [6.07, 6.45) is 1.28. The molecule has 0 saturated carbocycles. The molecule has 0 radical (unpaired) electrons. The highest BCUT2D eigenvalue weighted by atomic mass is 16.5. The molecule has 1 N–H and O–H groups in total. The van der Waals surface area contributed by atoms with Crippen molar-refractivity contribution in [3.05, 3.63) is 29.3 Å². The van der Waals surface area contributed by atoms with Crippen LogP contribution in [0.2, 0.25) is 0 Å². The van der Waals surface area contributed by atoms with E-state index < -0.39 is 0 Å². The van der Waals surface area contributed by atoms with Gasteiger partial charge in [0.25, 0.3) is 0 Å². The van der Waals surface area contributed by atoms with Gasteiger partial charge in [0.15, 0.2) is 5.78 Å². The number of Topliss-reactive ketones (excluding diaryl/α,β-unsaturated/α-hetero) is 1. The summed E-state index contributed by atoms with van der Waals surface area (Å²) in [5.41, 5.74) is 0.981. The summed E-state index contributed by atoms with van der Waals surface area (Å²) >= 11 is 0.